The topological polar surface area (TPSA) is 272 Å². The van der Waals surface area contributed by atoms with Crippen LogP contribution in [0.25, 0.3) is 0 Å². The summed E-state index contributed by atoms with van der Waals surface area (Å²) in [5.74, 6) is -5.94. The minimum atomic E-state index is -4.17. The van der Waals surface area contributed by atoms with Crippen LogP contribution in [0.15, 0.2) is 0 Å². The fourth-order valence-electron chi connectivity index (χ4n) is 4.71. The highest BCUT2D eigenvalue weighted by atomic mass is 32.2. The van der Waals surface area contributed by atoms with Crippen LogP contribution in [0.2, 0.25) is 0 Å². The molecule has 2 aliphatic rings. The molecule has 0 unspecified atom stereocenters. The Morgan fingerprint density at radius 2 is 0.694 bits per heavy atom. The van der Waals surface area contributed by atoms with Crippen molar-refractivity contribution in [2.75, 3.05) is 25.7 Å². The molecule has 49 heavy (non-hydrogen) atoms. The van der Waals surface area contributed by atoms with Gasteiger partial charge in [-0.3, -0.25) is 37.1 Å². The van der Waals surface area contributed by atoms with Crippen LogP contribution in [0.1, 0.15) is 41.5 Å². The van der Waals surface area contributed by atoms with Gasteiger partial charge in [-0.05, 0) is 0 Å². The fraction of sp³-hybridized carbons (Fsp3) is 0.769. The van der Waals surface area contributed by atoms with Gasteiger partial charge in [0, 0.05) is 41.5 Å². The van der Waals surface area contributed by atoms with Gasteiger partial charge in [-0.1, -0.05) is 0 Å². The molecule has 0 aromatic heterocycles. The van der Waals surface area contributed by atoms with Crippen molar-refractivity contribution in [2.45, 2.75) is 103 Å². The van der Waals surface area contributed by atoms with E-state index in [1.165, 1.54) is 0 Å². The first-order valence-corrected chi connectivity index (χ1v) is 17.8. The lowest BCUT2D eigenvalue weighted by Gasteiger charge is -2.48. The van der Waals surface area contributed by atoms with E-state index in [4.69, 9.17) is 51.0 Å². The van der Waals surface area contributed by atoms with Gasteiger partial charge in [0.1, 0.15) is 12.2 Å². The third kappa shape index (κ3) is 13.7. The molecule has 0 amide bonds. The van der Waals surface area contributed by atoms with Gasteiger partial charge in [-0.15, -0.1) is 0 Å². The van der Waals surface area contributed by atoms with E-state index < -0.39 is 131 Å². The average molecular weight is 751 g/mol. The molecule has 0 radical (unpaired) electrons. The smallest absolute Gasteiger partial charge is 0.303 e. The summed E-state index contributed by atoms with van der Waals surface area (Å²) in [7, 11) is -8.33. The SMILES string of the molecule is CC(=O)O[C@@H]1[C@@H](OC(C)=O)[C@@H](O[C@H]2O[C@H](COS(C)(=O)=O)[C@@H](OC(C)=O)[C@H](OC(C)=O)[C@H]2OC(C)=O)O[C@H](COS(C)(=O)=O)[C@H]1OC(C)=O. The third-order valence-electron chi connectivity index (χ3n) is 6.16. The van der Waals surface area contributed by atoms with E-state index in [9.17, 15) is 45.6 Å². The van der Waals surface area contributed by atoms with Gasteiger partial charge in [0.25, 0.3) is 20.2 Å². The quantitative estimate of drug-likeness (QED) is 0.105. The lowest BCUT2D eigenvalue weighted by molar-refractivity contribution is -0.376. The van der Waals surface area contributed by atoms with Crippen molar-refractivity contribution in [1.82, 2.24) is 0 Å². The number of hydrogen-bond acceptors (Lipinski definition) is 21. The van der Waals surface area contributed by atoms with Crippen molar-refractivity contribution >= 4 is 56.1 Å². The van der Waals surface area contributed by atoms with Crippen molar-refractivity contribution in [3.05, 3.63) is 0 Å². The molecule has 2 aliphatic heterocycles. The Morgan fingerprint density at radius 1 is 0.449 bits per heavy atom. The van der Waals surface area contributed by atoms with E-state index in [1.807, 2.05) is 0 Å². The number of ether oxygens (including phenoxy) is 9. The Kier molecular flexibility index (Phi) is 14.8. The number of esters is 6. The second-order valence-electron chi connectivity index (χ2n) is 10.6. The molecule has 2 fully saturated rings. The van der Waals surface area contributed by atoms with Crippen LogP contribution in [-0.2, 0) is 100 Å². The van der Waals surface area contributed by atoms with Crippen LogP contribution >= 0.6 is 0 Å². The summed E-state index contributed by atoms with van der Waals surface area (Å²) in [6, 6.07) is 0. The van der Waals surface area contributed by atoms with Gasteiger partial charge >= 0.3 is 35.8 Å². The Labute approximate surface area is 281 Å². The highest BCUT2D eigenvalue weighted by Crippen LogP contribution is 2.35. The maximum Gasteiger partial charge on any atom is 0.303 e. The van der Waals surface area contributed by atoms with Crippen LogP contribution in [0, 0.1) is 0 Å². The van der Waals surface area contributed by atoms with Crippen molar-refractivity contribution in [2.24, 2.45) is 0 Å². The first kappa shape index (κ1) is 41.7. The molecule has 2 rings (SSSR count). The molecule has 0 aromatic rings. The minimum Gasteiger partial charge on any atom is -0.456 e. The minimum absolute atomic E-state index is 0.697. The summed E-state index contributed by atoms with van der Waals surface area (Å²) in [4.78, 5) is 73.0. The lowest BCUT2D eigenvalue weighted by Crippen LogP contribution is -2.66. The second kappa shape index (κ2) is 17.4. The van der Waals surface area contributed by atoms with E-state index in [0.29, 0.717) is 12.5 Å². The zero-order valence-corrected chi connectivity index (χ0v) is 29.2. The van der Waals surface area contributed by atoms with Gasteiger partial charge < -0.3 is 42.6 Å². The van der Waals surface area contributed by atoms with E-state index in [1.54, 1.807) is 0 Å². The summed E-state index contributed by atoms with van der Waals surface area (Å²) in [6.45, 7) is 3.97. The molecule has 23 heteroatoms. The van der Waals surface area contributed by atoms with Gasteiger partial charge in [0.2, 0.25) is 12.6 Å². The Hall–Kier alpha value is -3.48. The van der Waals surface area contributed by atoms with Crippen LogP contribution < -0.4 is 0 Å². The van der Waals surface area contributed by atoms with Crippen molar-refractivity contribution in [3.63, 3.8) is 0 Å². The van der Waals surface area contributed by atoms with Crippen molar-refractivity contribution in [1.29, 1.82) is 0 Å². The molecular weight excluding hydrogens is 712 g/mol. The summed E-state index contributed by atoms with van der Waals surface area (Å²) in [5.41, 5.74) is 0. The molecule has 0 aromatic carbocycles. The monoisotopic (exact) mass is 750 g/mol. The zero-order valence-electron chi connectivity index (χ0n) is 27.6. The predicted octanol–water partition coefficient (Wildman–Crippen LogP) is -2.00. The molecule has 2 heterocycles. The first-order chi connectivity index (χ1) is 22.5. The fourth-order valence-corrected chi connectivity index (χ4v) is 5.47. The maximum absolute atomic E-state index is 12.2. The van der Waals surface area contributed by atoms with E-state index in [-0.39, 0.29) is 0 Å². The average Bonchev–Trinajstić information content (AvgIpc) is 2.90. The number of rotatable bonds is 14. The standard InChI is InChI=1S/C26H38O21S2/c1-11(27)39-19-17(9-37-48(7,33)34)45-25(23(43-15(5)31)21(19)41-13(3)29)47-26-24(44-16(6)32)22(42-14(4)30)20(40-12(2)28)18(46-26)10-38-49(8,35)36/h17-26H,9-10H2,1-8H3/t17-,18-,19-,20-,21+,22+,23-,24-,25-,26-/m1/s1. The molecule has 280 valence electrons. The van der Waals surface area contributed by atoms with Gasteiger partial charge in [-0.2, -0.15) is 16.8 Å². The molecule has 0 saturated carbocycles. The van der Waals surface area contributed by atoms with Crippen LogP contribution in [0.5, 0.6) is 0 Å². The first-order valence-electron chi connectivity index (χ1n) is 14.2. The normalized spacial score (nSPS) is 30.3. The molecule has 2 saturated heterocycles. The zero-order chi connectivity index (χ0) is 37.4. The summed E-state index contributed by atoms with van der Waals surface area (Å²) in [6.07, 6.45) is -16.4. The number of carbonyl (C=O) groups excluding carboxylic acids is 6. The van der Waals surface area contributed by atoms with Crippen LogP contribution in [0.3, 0.4) is 0 Å². The Morgan fingerprint density at radius 3 is 0.939 bits per heavy atom. The highest BCUT2D eigenvalue weighted by Gasteiger charge is 2.57. The van der Waals surface area contributed by atoms with Crippen molar-refractivity contribution in [3.8, 4) is 0 Å². The molecule has 0 spiro atoms. The summed E-state index contributed by atoms with van der Waals surface area (Å²) >= 11 is 0. The van der Waals surface area contributed by atoms with E-state index in [0.717, 1.165) is 41.5 Å². The predicted molar refractivity (Wildman–Crippen MR) is 153 cm³/mol. The van der Waals surface area contributed by atoms with E-state index >= 15 is 0 Å². The number of hydrogen-bond donors (Lipinski definition) is 0. The van der Waals surface area contributed by atoms with Gasteiger partial charge in [-0.25, -0.2) is 0 Å². The summed E-state index contributed by atoms with van der Waals surface area (Å²) < 4.78 is 106. The van der Waals surface area contributed by atoms with Crippen LogP contribution in [-0.4, -0.2) is 140 Å². The maximum atomic E-state index is 12.2. The third-order valence-corrected chi connectivity index (χ3v) is 7.28. The molecule has 0 bridgehead atoms. The molecule has 21 nitrogen and oxygen atoms in total. The Balaban J connectivity index is 2.74. The van der Waals surface area contributed by atoms with Crippen molar-refractivity contribution < 1.29 is 96.6 Å². The van der Waals surface area contributed by atoms with E-state index in [2.05, 4.69) is 0 Å². The second-order valence-corrected chi connectivity index (χ2v) is 13.9. The molecular formula is C26H38O21S2. The number of carbonyl (C=O) groups is 6. The largest absolute Gasteiger partial charge is 0.456 e. The summed E-state index contributed by atoms with van der Waals surface area (Å²) in [5, 5.41) is 0. The van der Waals surface area contributed by atoms with Gasteiger partial charge in [0.15, 0.2) is 36.6 Å². The highest BCUT2D eigenvalue weighted by molar-refractivity contribution is 7.86. The molecule has 0 aliphatic carbocycles. The van der Waals surface area contributed by atoms with Crippen LogP contribution in [0.4, 0.5) is 0 Å². The van der Waals surface area contributed by atoms with Gasteiger partial charge in [0.05, 0.1) is 25.7 Å². The Bertz CT molecular complexity index is 1350. The molecule has 0 N–H and O–H groups in total. The molecule has 10 atom stereocenters. The lowest BCUT2D eigenvalue weighted by atomic mass is 9.97.